The monoisotopic (exact) mass is 256 g/mol. The molecule has 1 saturated heterocycles. The molecule has 3 nitrogen and oxygen atoms in total. The van der Waals surface area contributed by atoms with Crippen LogP contribution in [0, 0.1) is 11.6 Å². The second-order valence-corrected chi connectivity index (χ2v) is 4.51. The first-order valence-electron chi connectivity index (χ1n) is 6.26. The summed E-state index contributed by atoms with van der Waals surface area (Å²) in [6, 6.07) is 2.49. The quantitative estimate of drug-likeness (QED) is 0.868. The van der Waals surface area contributed by atoms with Crippen molar-refractivity contribution >= 4 is 0 Å². The van der Waals surface area contributed by atoms with Crippen molar-refractivity contribution in [3.8, 4) is 5.75 Å². The maximum Gasteiger partial charge on any atom is 0.200 e. The summed E-state index contributed by atoms with van der Waals surface area (Å²) in [5.41, 5.74) is 0.471. The van der Waals surface area contributed by atoms with E-state index in [1.54, 1.807) is 0 Å². The molecule has 0 saturated carbocycles. The van der Waals surface area contributed by atoms with Crippen LogP contribution in [0.4, 0.5) is 8.78 Å². The lowest BCUT2D eigenvalue weighted by Crippen LogP contribution is -2.45. The maximum atomic E-state index is 13.4. The largest absolute Gasteiger partial charge is 0.505 e. The van der Waals surface area contributed by atoms with Gasteiger partial charge < -0.3 is 10.4 Å². The second kappa shape index (κ2) is 5.63. The van der Waals surface area contributed by atoms with Gasteiger partial charge in [-0.05, 0) is 12.5 Å². The van der Waals surface area contributed by atoms with Gasteiger partial charge >= 0.3 is 0 Å². The van der Waals surface area contributed by atoms with E-state index in [2.05, 4.69) is 10.2 Å². The van der Waals surface area contributed by atoms with Gasteiger partial charge in [0.05, 0.1) is 0 Å². The molecule has 0 aliphatic carbocycles. The van der Waals surface area contributed by atoms with E-state index in [0.717, 1.165) is 38.7 Å². The first-order valence-corrected chi connectivity index (χ1v) is 6.26. The number of nitrogens with zero attached hydrogens (tertiary/aromatic N) is 1. The highest BCUT2D eigenvalue weighted by atomic mass is 19.2. The minimum atomic E-state index is -1.15. The highest BCUT2D eigenvalue weighted by molar-refractivity contribution is 5.37. The summed E-state index contributed by atoms with van der Waals surface area (Å²) in [5, 5.41) is 13.0. The Labute approximate surface area is 105 Å². The van der Waals surface area contributed by atoms with Gasteiger partial charge in [-0.15, -0.1) is 0 Å². The zero-order chi connectivity index (χ0) is 13.1. The smallest absolute Gasteiger partial charge is 0.200 e. The van der Waals surface area contributed by atoms with Crippen LogP contribution in [0.5, 0.6) is 5.75 Å². The van der Waals surface area contributed by atoms with E-state index in [-0.39, 0.29) is 6.04 Å². The van der Waals surface area contributed by atoms with Crippen molar-refractivity contribution in [3.63, 3.8) is 0 Å². The summed E-state index contributed by atoms with van der Waals surface area (Å²) in [6.07, 6.45) is 0.749. The van der Waals surface area contributed by atoms with Crippen molar-refractivity contribution in [2.45, 2.75) is 19.4 Å². The van der Waals surface area contributed by atoms with E-state index in [1.165, 1.54) is 6.07 Å². The molecule has 0 radical (unpaired) electrons. The number of hydrogen-bond acceptors (Lipinski definition) is 3. The van der Waals surface area contributed by atoms with Crippen LogP contribution >= 0.6 is 0 Å². The standard InChI is InChI=1S/C13H18F2N2O/c1-2-11(17-7-5-16-6-8-17)9-3-4-10(14)12(15)13(9)18/h3-4,11,16,18H,2,5-8H2,1H3/t11-/m0/s1. The van der Waals surface area contributed by atoms with E-state index in [9.17, 15) is 13.9 Å². The SMILES string of the molecule is CC[C@@H](c1ccc(F)c(F)c1O)N1CCNCC1. The Balaban J connectivity index is 2.29. The maximum absolute atomic E-state index is 13.4. The van der Waals surface area contributed by atoms with Crippen molar-refractivity contribution in [2.24, 2.45) is 0 Å². The lowest BCUT2D eigenvalue weighted by atomic mass is 10.0. The number of nitrogens with one attached hydrogen (secondary N) is 1. The van der Waals surface area contributed by atoms with Crippen LogP contribution in [0.3, 0.4) is 0 Å². The molecule has 0 aromatic heterocycles. The molecule has 1 heterocycles. The highest BCUT2D eigenvalue weighted by Crippen LogP contribution is 2.33. The van der Waals surface area contributed by atoms with E-state index < -0.39 is 17.4 Å². The van der Waals surface area contributed by atoms with Crippen molar-refractivity contribution in [1.29, 1.82) is 0 Å². The Morgan fingerprint density at radius 2 is 2.00 bits per heavy atom. The highest BCUT2D eigenvalue weighted by Gasteiger charge is 2.25. The molecule has 1 aliphatic heterocycles. The third kappa shape index (κ3) is 2.47. The van der Waals surface area contributed by atoms with Crippen LogP contribution in [0.15, 0.2) is 12.1 Å². The fraction of sp³-hybridized carbons (Fsp3) is 0.538. The molecule has 0 spiro atoms. The summed E-state index contributed by atoms with van der Waals surface area (Å²) < 4.78 is 26.4. The molecule has 1 aromatic carbocycles. The van der Waals surface area contributed by atoms with Gasteiger partial charge in [0, 0.05) is 37.8 Å². The summed E-state index contributed by atoms with van der Waals surface area (Å²) in [7, 11) is 0. The predicted molar refractivity (Wildman–Crippen MR) is 65.5 cm³/mol. The number of piperazine rings is 1. The first kappa shape index (κ1) is 13.2. The molecule has 1 fully saturated rings. The lowest BCUT2D eigenvalue weighted by molar-refractivity contribution is 0.166. The molecular weight excluding hydrogens is 238 g/mol. The third-order valence-corrected chi connectivity index (χ3v) is 3.44. The van der Waals surface area contributed by atoms with Gasteiger partial charge in [-0.1, -0.05) is 13.0 Å². The van der Waals surface area contributed by atoms with Crippen LogP contribution in [-0.2, 0) is 0 Å². The van der Waals surface area contributed by atoms with Gasteiger partial charge in [0.2, 0.25) is 5.82 Å². The molecule has 18 heavy (non-hydrogen) atoms. The number of aromatic hydroxyl groups is 1. The number of hydrogen-bond donors (Lipinski definition) is 2. The van der Waals surface area contributed by atoms with Crippen molar-refractivity contribution in [3.05, 3.63) is 29.3 Å². The number of rotatable bonds is 3. The Hall–Kier alpha value is -1.20. The van der Waals surface area contributed by atoms with Gasteiger partial charge in [-0.25, -0.2) is 4.39 Å². The van der Waals surface area contributed by atoms with Crippen LogP contribution < -0.4 is 5.32 Å². The van der Waals surface area contributed by atoms with Gasteiger partial charge in [0.15, 0.2) is 11.6 Å². The Morgan fingerprint density at radius 3 is 2.61 bits per heavy atom. The molecule has 100 valence electrons. The average Bonchev–Trinajstić information content (AvgIpc) is 2.41. The minimum Gasteiger partial charge on any atom is -0.505 e. The number of benzene rings is 1. The first-order chi connectivity index (χ1) is 8.65. The molecule has 0 amide bonds. The van der Waals surface area contributed by atoms with E-state index in [1.807, 2.05) is 6.92 Å². The number of phenols is 1. The molecule has 2 rings (SSSR count). The summed E-state index contributed by atoms with van der Waals surface area (Å²) in [6.45, 7) is 5.42. The molecule has 5 heteroatoms. The van der Waals surface area contributed by atoms with E-state index >= 15 is 0 Å². The number of phenolic OH excluding ortho intramolecular Hbond substituents is 1. The van der Waals surface area contributed by atoms with Gasteiger partial charge in [-0.3, -0.25) is 4.90 Å². The predicted octanol–water partition coefficient (Wildman–Crippen LogP) is 2.03. The summed E-state index contributed by atoms with van der Waals surface area (Å²) >= 11 is 0. The second-order valence-electron chi connectivity index (χ2n) is 4.51. The molecule has 0 bridgehead atoms. The molecule has 1 aliphatic rings. The zero-order valence-electron chi connectivity index (χ0n) is 10.4. The molecule has 1 aromatic rings. The van der Waals surface area contributed by atoms with Gasteiger partial charge in [0.1, 0.15) is 0 Å². The molecule has 2 N–H and O–H groups in total. The van der Waals surface area contributed by atoms with Gasteiger partial charge in [-0.2, -0.15) is 4.39 Å². The van der Waals surface area contributed by atoms with Gasteiger partial charge in [0.25, 0.3) is 0 Å². The van der Waals surface area contributed by atoms with Crippen LogP contribution in [0.1, 0.15) is 24.9 Å². The van der Waals surface area contributed by atoms with Crippen molar-refractivity contribution < 1.29 is 13.9 Å². The summed E-state index contributed by atoms with van der Waals surface area (Å²) in [4.78, 5) is 2.18. The van der Waals surface area contributed by atoms with E-state index in [4.69, 9.17) is 0 Å². The van der Waals surface area contributed by atoms with Crippen LogP contribution in [-0.4, -0.2) is 36.2 Å². The fourth-order valence-corrected chi connectivity index (χ4v) is 2.49. The Bertz CT molecular complexity index is 420. The van der Waals surface area contributed by atoms with Crippen LogP contribution in [0.25, 0.3) is 0 Å². The normalized spacial score (nSPS) is 18.8. The minimum absolute atomic E-state index is 0.0674. The summed E-state index contributed by atoms with van der Waals surface area (Å²) in [5.74, 6) is -2.71. The average molecular weight is 256 g/mol. The third-order valence-electron chi connectivity index (χ3n) is 3.44. The number of halogens is 2. The Kier molecular flexibility index (Phi) is 4.14. The molecule has 1 atom stereocenters. The fourth-order valence-electron chi connectivity index (χ4n) is 2.49. The molecule has 0 unspecified atom stereocenters. The molecular formula is C13H18F2N2O. The topological polar surface area (TPSA) is 35.5 Å². The lowest BCUT2D eigenvalue weighted by Gasteiger charge is -2.35. The van der Waals surface area contributed by atoms with Crippen molar-refractivity contribution in [1.82, 2.24) is 10.2 Å². The van der Waals surface area contributed by atoms with Crippen LogP contribution in [0.2, 0.25) is 0 Å². The van der Waals surface area contributed by atoms with E-state index in [0.29, 0.717) is 5.56 Å². The zero-order valence-corrected chi connectivity index (χ0v) is 10.4. The van der Waals surface area contributed by atoms with Crippen molar-refractivity contribution in [2.75, 3.05) is 26.2 Å². The Morgan fingerprint density at radius 1 is 1.33 bits per heavy atom.